The molecular formula is C15H18O3. The van der Waals surface area contributed by atoms with Gasteiger partial charge in [0.1, 0.15) is 0 Å². The molecule has 1 unspecified atom stereocenters. The molecule has 0 aromatic heterocycles. The number of carbonyl (C=O) groups is 1. The van der Waals surface area contributed by atoms with Crippen LogP contribution < -0.4 is 0 Å². The highest BCUT2D eigenvalue weighted by atomic mass is 16.7. The first kappa shape index (κ1) is 11.7. The summed E-state index contributed by atoms with van der Waals surface area (Å²) >= 11 is 0. The fraction of sp³-hybridized carbons (Fsp3) is 0.533. The summed E-state index contributed by atoms with van der Waals surface area (Å²) in [6.45, 7) is 7.99. The van der Waals surface area contributed by atoms with Crippen molar-refractivity contribution in [3.05, 3.63) is 35.5 Å². The zero-order valence-electron chi connectivity index (χ0n) is 10.8. The normalized spacial score (nSPS) is 42.7. The molecule has 0 aromatic rings. The van der Waals surface area contributed by atoms with Crippen LogP contribution in [0.25, 0.3) is 0 Å². The summed E-state index contributed by atoms with van der Waals surface area (Å²) in [6, 6.07) is 0. The average Bonchev–Trinajstić information content (AvgIpc) is 2.46. The fourth-order valence-electron chi connectivity index (χ4n) is 3.65. The number of rotatable bonds is 0. The van der Waals surface area contributed by atoms with E-state index >= 15 is 0 Å². The van der Waals surface area contributed by atoms with Crippen LogP contribution in [0.1, 0.15) is 33.1 Å². The second kappa shape index (κ2) is 3.35. The number of hydrogen-bond acceptors (Lipinski definition) is 3. The van der Waals surface area contributed by atoms with E-state index in [0.29, 0.717) is 24.3 Å². The van der Waals surface area contributed by atoms with Crippen LogP contribution >= 0.6 is 0 Å². The third kappa shape index (κ3) is 1.37. The van der Waals surface area contributed by atoms with Gasteiger partial charge in [0, 0.05) is 17.6 Å². The number of esters is 1. The molecule has 0 radical (unpaired) electrons. The van der Waals surface area contributed by atoms with Gasteiger partial charge in [-0.1, -0.05) is 31.2 Å². The van der Waals surface area contributed by atoms with Crippen LogP contribution in [0.4, 0.5) is 0 Å². The van der Waals surface area contributed by atoms with E-state index in [4.69, 9.17) is 4.74 Å². The maximum absolute atomic E-state index is 11.7. The standard InChI is InChI=1S/C15H18O3/c1-9-5-4-6-14(3)8-15(17)12(7-11(9)14)10(2)13(16)18-15/h4,6,11,17H,1,5,7-8H2,2-3H3/t11?,14-,15+/m1/s1. The SMILES string of the molecule is C=C1CC=C[C@]2(C)C[C@]3(O)OC(=O)C(C)=C3CC12. The first-order chi connectivity index (χ1) is 8.36. The van der Waals surface area contributed by atoms with Crippen LogP contribution in [0.2, 0.25) is 0 Å². The molecule has 0 saturated heterocycles. The predicted octanol–water partition coefficient (Wildman–Crippen LogP) is 2.48. The van der Waals surface area contributed by atoms with E-state index in [0.717, 1.165) is 12.0 Å². The van der Waals surface area contributed by atoms with Crippen molar-refractivity contribution < 1.29 is 14.6 Å². The Morgan fingerprint density at radius 3 is 3.00 bits per heavy atom. The highest BCUT2D eigenvalue weighted by Crippen LogP contribution is 2.56. The Bertz CT molecular complexity index is 512. The van der Waals surface area contributed by atoms with Crippen LogP contribution in [0.3, 0.4) is 0 Å². The van der Waals surface area contributed by atoms with E-state index in [-0.39, 0.29) is 11.4 Å². The van der Waals surface area contributed by atoms with Crippen molar-refractivity contribution in [2.45, 2.75) is 38.9 Å². The minimum Gasteiger partial charge on any atom is -0.426 e. The van der Waals surface area contributed by atoms with Gasteiger partial charge in [-0.15, -0.1) is 0 Å². The highest BCUT2D eigenvalue weighted by Gasteiger charge is 2.56. The summed E-state index contributed by atoms with van der Waals surface area (Å²) in [5, 5.41) is 10.6. The molecule has 1 saturated carbocycles. The topological polar surface area (TPSA) is 46.5 Å². The Hall–Kier alpha value is -1.35. The minimum atomic E-state index is -1.39. The molecule has 2 aliphatic carbocycles. The fourth-order valence-corrected chi connectivity index (χ4v) is 3.65. The Balaban J connectivity index is 2.08. The van der Waals surface area contributed by atoms with Crippen molar-refractivity contribution in [3.63, 3.8) is 0 Å². The van der Waals surface area contributed by atoms with Gasteiger partial charge in [0.15, 0.2) is 0 Å². The second-order valence-electron chi connectivity index (χ2n) is 5.98. The molecule has 3 atom stereocenters. The lowest BCUT2D eigenvalue weighted by Gasteiger charge is -2.48. The van der Waals surface area contributed by atoms with Gasteiger partial charge in [-0.2, -0.15) is 0 Å². The zero-order valence-corrected chi connectivity index (χ0v) is 10.8. The van der Waals surface area contributed by atoms with Crippen LogP contribution in [0, 0.1) is 11.3 Å². The Kier molecular flexibility index (Phi) is 2.18. The molecule has 0 aromatic carbocycles. The van der Waals surface area contributed by atoms with Crippen molar-refractivity contribution in [2.24, 2.45) is 11.3 Å². The minimum absolute atomic E-state index is 0.168. The first-order valence-electron chi connectivity index (χ1n) is 6.37. The summed E-state index contributed by atoms with van der Waals surface area (Å²) in [4.78, 5) is 11.7. The molecule has 0 amide bonds. The molecule has 1 fully saturated rings. The molecule has 0 spiro atoms. The van der Waals surface area contributed by atoms with E-state index in [1.807, 2.05) is 0 Å². The van der Waals surface area contributed by atoms with Gasteiger partial charge in [0.2, 0.25) is 5.79 Å². The lowest BCUT2D eigenvalue weighted by atomic mass is 9.59. The monoisotopic (exact) mass is 246 g/mol. The number of fused-ring (bicyclic) bond motifs is 2. The largest absolute Gasteiger partial charge is 0.426 e. The summed E-state index contributed by atoms with van der Waals surface area (Å²) in [5.41, 5.74) is 2.34. The van der Waals surface area contributed by atoms with Crippen molar-refractivity contribution in [1.29, 1.82) is 0 Å². The van der Waals surface area contributed by atoms with Crippen LogP contribution in [-0.4, -0.2) is 16.9 Å². The third-order valence-electron chi connectivity index (χ3n) is 4.69. The molecule has 3 heteroatoms. The van der Waals surface area contributed by atoms with Crippen molar-refractivity contribution in [3.8, 4) is 0 Å². The van der Waals surface area contributed by atoms with Gasteiger partial charge in [-0.3, -0.25) is 0 Å². The molecule has 3 nitrogen and oxygen atoms in total. The highest BCUT2D eigenvalue weighted by molar-refractivity contribution is 5.92. The summed E-state index contributed by atoms with van der Waals surface area (Å²) < 4.78 is 5.19. The van der Waals surface area contributed by atoms with Crippen molar-refractivity contribution >= 4 is 5.97 Å². The summed E-state index contributed by atoms with van der Waals surface area (Å²) in [7, 11) is 0. The van der Waals surface area contributed by atoms with Gasteiger partial charge >= 0.3 is 5.97 Å². The maximum Gasteiger partial charge on any atom is 0.336 e. The van der Waals surface area contributed by atoms with E-state index in [1.165, 1.54) is 5.57 Å². The van der Waals surface area contributed by atoms with Crippen molar-refractivity contribution in [1.82, 2.24) is 0 Å². The van der Waals surface area contributed by atoms with Crippen LogP contribution in [0.15, 0.2) is 35.5 Å². The predicted molar refractivity (Wildman–Crippen MR) is 67.5 cm³/mol. The molecule has 0 bridgehead atoms. The summed E-state index contributed by atoms with van der Waals surface area (Å²) in [6.07, 6.45) is 6.23. The summed E-state index contributed by atoms with van der Waals surface area (Å²) in [5.74, 6) is -1.49. The number of carbonyl (C=O) groups excluding carboxylic acids is 1. The molecule has 1 N–H and O–H groups in total. The van der Waals surface area contributed by atoms with Crippen LogP contribution in [0.5, 0.6) is 0 Å². The van der Waals surface area contributed by atoms with E-state index in [9.17, 15) is 9.90 Å². The molecule has 1 heterocycles. The number of hydrogen-bond donors (Lipinski definition) is 1. The number of ether oxygens (including phenoxy) is 1. The van der Waals surface area contributed by atoms with Gasteiger partial charge in [-0.25, -0.2) is 4.79 Å². The zero-order chi connectivity index (χ0) is 13.1. The number of aliphatic hydroxyl groups is 1. The lowest BCUT2D eigenvalue weighted by Crippen LogP contribution is -2.47. The Labute approximate surface area is 107 Å². The second-order valence-corrected chi connectivity index (χ2v) is 5.98. The van der Waals surface area contributed by atoms with Gasteiger partial charge in [0.25, 0.3) is 0 Å². The first-order valence-corrected chi connectivity index (χ1v) is 6.37. The van der Waals surface area contributed by atoms with E-state index < -0.39 is 5.79 Å². The van der Waals surface area contributed by atoms with Crippen LogP contribution in [-0.2, 0) is 9.53 Å². The van der Waals surface area contributed by atoms with Gasteiger partial charge in [-0.05, 0) is 31.1 Å². The molecular weight excluding hydrogens is 228 g/mol. The maximum atomic E-state index is 11.7. The Morgan fingerprint density at radius 1 is 1.56 bits per heavy atom. The average molecular weight is 246 g/mol. The molecule has 3 aliphatic rings. The van der Waals surface area contributed by atoms with E-state index in [2.05, 4.69) is 25.7 Å². The molecule has 18 heavy (non-hydrogen) atoms. The molecule has 96 valence electrons. The van der Waals surface area contributed by atoms with E-state index in [1.54, 1.807) is 6.92 Å². The molecule has 1 aliphatic heterocycles. The number of allylic oxidation sites excluding steroid dienone is 3. The smallest absolute Gasteiger partial charge is 0.336 e. The van der Waals surface area contributed by atoms with Crippen molar-refractivity contribution in [2.75, 3.05) is 0 Å². The van der Waals surface area contributed by atoms with Gasteiger partial charge < -0.3 is 9.84 Å². The lowest BCUT2D eigenvalue weighted by molar-refractivity contribution is -0.197. The Morgan fingerprint density at radius 2 is 2.28 bits per heavy atom. The molecule has 3 rings (SSSR count). The van der Waals surface area contributed by atoms with Gasteiger partial charge in [0.05, 0.1) is 0 Å². The third-order valence-corrected chi connectivity index (χ3v) is 4.69. The quantitative estimate of drug-likeness (QED) is 0.527.